The van der Waals surface area contributed by atoms with Gasteiger partial charge in [-0.3, -0.25) is 4.90 Å². The molecule has 1 fully saturated rings. The summed E-state index contributed by atoms with van der Waals surface area (Å²) in [6.07, 6.45) is 2.45. The summed E-state index contributed by atoms with van der Waals surface area (Å²) in [7, 11) is 2.23. The molecule has 2 heterocycles. The second-order valence-electron chi connectivity index (χ2n) is 5.18. The first-order valence-electron chi connectivity index (χ1n) is 6.94. The average Bonchev–Trinajstić information content (AvgIpc) is 2.82. The zero-order valence-electron chi connectivity index (χ0n) is 11.5. The second kappa shape index (κ2) is 6.66. The molecule has 1 aromatic rings. The fourth-order valence-electron chi connectivity index (χ4n) is 2.93. The second-order valence-corrected chi connectivity index (χ2v) is 6.16. The molecule has 1 saturated heterocycles. The summed E-state index contributed by atoms with van der Waals surface area (Å²) in [6.45, 7) is 6.55. The molecular weight excluding hydrogens is 242 g/mol. The van der Waals surface area contributed by atoms with Crippen LogP contribution in [0.2, 0.25) is 0 Å². The van der Waals surface area contributed by atoms with E-state index in [1.54, 1.807) is 0 Å². The first kappa shape index (κ1) is 14.0. The molecule has 18 heavy (non-hydrogen) atoms. The minimum atomic E-state index is 0.404. The maximum atomic E-state index is 6.05. The molecule has 2 N–H and O–H groups in total. The van der Waals surface area contributed by atoms with E-state index in [1.807, 2.05) is 11.3 Å². The van der Waals surface area contributed by atoms with Gasteiger partial charge in [-0.05, 0) is 37.9 Å². The lowest BCUT2D eigenvalue weighted by atomic mass is 10.1. The molecule has 0 spiro atoms. The van der Waals surface area contributed by atoms with E-state index in [4.69, 9.17) is 5.73 Å². The fraction of sp³-hybridized carbons (Fsp3) is 0.714. The van der Waals surface area contributed by atoms with E-state index in [2.05, 4.69) is 41.3 Å². The van der Waals surface area contributed by atoms with Gasteiger partial charge in [0.15, 0.2) is 0 Å². The van der Waals surface area contributed by atoms with E-state index in [0.29, 0.717) is 12.1 Å². The van der Waals surface area contributed by atoms with E-state index >= 15 is 0 Å². The first-order chi connectivity index (χ1) is 8.76. The minimum absolute atomic E-state index is 0.404. The smallest absolute Gasteiger partial charge is 0.0567 e. The molecule has 3 nitrogen and oxygen atoms in total. The Hall–Kier alpha value is -0.420. The van der Waals surface area contributed by atoms with Gasteiger partial charge in [-0.25, -0.2) is 0 Å². The van der Waals surface area contributed by atoms with Crippen LogP contribution >= 0.6 is 11.3 Å². The number of thiophene rings is 1. The van der Waals surface area contributed by atoms with Gasteiger partial charge in [-0.2, -0.15) is 0 Å². The van der Waals surface area contributed by atoms with Crippen molar-refractivity contribution in [3.8, 4) is 0 Å². The summed E-state index contributed by atoms with van der Waals surface area (Å²) < 4.78 is 0. The third-order valence-electron chi connectivity index (χ3n) is 3.91. The highest BCUT2D eigenvalue weighted by Gasteiger charge is 2.28. The van der Waals surface area contributed by atoms with Gasteiger partial charge in [0, 0.05) is 30.6 Å². The Morgan fingerprint density at radius 2 is 2.33 bits per heavy atom. The van der Waals surface area contributed by atoms with Crippen molar-refractivity contribution in [3.05, 3.63) is 22.4 Å². The quantitative estimate of drug-likeness (QED) is 0.907. The monoisotopic (exact) mass is 267 g/mol. The third-order valence-corrected chi connectivity index (χ3v) is 4.89. The molecule has 0 amide bonds. The molecule has 2 atom stereocenters. The number of nitrogens with two attached hydrogens (primary N) is 1. The maximum Gasteiger partial charge on any atom is 0.0567 e. The van der Waals surface area contributed by atoms with Crippen LogP contribution in [0.4, 0.5) is 0 Å². The standard InChI is InChI=1S/C14H25N3S/c1-3-12-11-16(2)7-5-8-17(12)13(10-15)14-6-4-9-18-14/h4,6,9,12-13H,3,5,7-8,10-11,15H2,1-2H3. The Morgan fingerprint density at radius 3 is 2.94 bits per heavy atom. The molecule has 1 aliphatic heterocycles. The lowest BCUT2D eigenvalue weighted by molar-refractivity contribution is 0.133. The predicted octanol–water partition coefficient (Wildman–Crippen LogP) is 2.16. The summed E-state index contributed by atoms with van der Waals surface area (Å²) in [6, 6.07) is 5.39. The highest BCUT2D eigenvalue weighted by molar-refractivity contribution is 7.10. The molecule has 0 bridgehead atoms. The van der Waals surface area contributed by atoms with E-state index in [9.17, 15) is 0 Å². The SMILES string of the molecule is CCC1CN(C)CCCN1C(CN)c1cccs1. The lowest BCUT2D eigenvalue weighted by Gasteiger charge is -2.36. The summed E-state index contributed by atoms with van der Waals surface area (Å²) >= 11 is 1.83. The molecule has 0 saturated carbocycles. The van der Waals surface area contributed by atoms with Crippen LogP contribution in [0.5, 0.6) is 0 Å². The third kappa shape index (κ3) is 3.12. The van der Waals surface area contributed by atoms with E-state index in [-0.39, 0.29) is 0 Å². The van der Waals surface area contributed by atoms with Crippen molar-refractivity contribution in [1.29, 1.82) is 0 Å². The van der Waals surface area contributed by atoms with Gasteiger partial charge in [-0.15, -0.1) is 11.3 Å². The van der Waals surface area contributed by atoms with Gasteiger partial charge in [-0.1, -0.05) is 13.0 Å². The summed E-state index contributed by atoms with van der Waals surface area (Å²) in [5.41, 5.74) is 6.05. The van der Waals surface area contributed by atoms with Crippen LogP contribution in [0.25, 0.3) is 0 Å². The van der Waals surface area contributed by atoms with E-state index in [0.717, 1.165) is 6.54 Å². The van der Waals surface area contributed by atoms with Crippen LogP contribution < -0.4 is 5.73 Å². The fourth-order valence-corrected chi connectivity index (χ4v) is 3.79. The van der Waals surface area contributed by atoms with Gasteiger partial charge in [0.2, 0.25) is 0 Å². The van der Waals surface area contributed by atoms with Crippen LogP contribution in [-0.2, 0) is 0 Å². The number of hydrogen-bond donors (Lipinski definition) is 1. The molecule has 2 rings (SSSR count). The Morgan fingerprint density at radius 1 is 1.50 bits per heavy atom. The highest BCUT2D eigenvalue weighted by Crippen LogP contribution is 2.28. The molecule has 0 radical (unpaired) electrons. The van der Waals surface area contributed by atoms with Crippen LogP contribution in [0.15, 0.2) is 17.5 Å². The van der Waals surface area contributed by atoms with Crippen LogP contribution in [-0.4, -0.2) is 49.1 Å². The number of nitrogens with zero attached hydrogens (tertiary/aromatic N) is 2. The van der Waals surface area contributed by atoms with E-state index < -0.39 is 0 Å². The molecule has 102 valence electrons. The first-order valence-corrected chi connectivity index (χ1v) is 7.82. The summed E-state index contributed by atoms with van der Waals surface area (Å²) in [4.78, 5) is 6.51. The van der Waals surface area contributed by atoms with Crippen molar-refractivity contribution >= 4 is 11.3 Å². The van der Waals surface area contributed by atoms with E-state index in [1.165, 1.54) is 37.4 Å². The normalized spacial score (nSPS) is 24.9. The van der Waals surface area contributed by atoms with Crippen molar-refractivity contribution in [2.45, 2.75) is 31.8 Å². The molecule has 0 aliphatic carbocycles. The molecule has 1 aromatic heterocycles. The minimum Gasteiger partial charge on any atom is -0.329 e. The van der Waals surface area contributed by atoms with Crippen LogP contribution in [0.3, 0.4) is 0 Å². The Labute approximate surface area is 115 Å². The van der Waals surface area contributed by atoms with Gasteiger partial charge in [0.05, 0.1) is 6.04 Å². The summed E-state index contributed by atoms with van der Waals surface area (Å²) in [5.74, 6) is 0. The maximum absolute atomic E-state index is 6.05. The lowest BCUT2D eigenvalue weighted by Crippen LogP contribution is -2.44. The molecular formula is C14H25N3S. The van der Waals surface area contributed by atoms with Gasteiger partial charge >= 0.3 is 0 Å². The van der Waals surface area contributed by atoms with Crippen molar-refractivity contribution in [2.75, 3.05) is 33.2 Å². The highest BCUT2D eigenvalue weighted by atomic mass is 32.1. The van der Waals surface area contributed by atoms with Crippen molar-refractivity contribution < 1.29 is 0 Å². The zero-order chi connectivity index (χ0) is 13.0. The Balaban J connectivity index is 2.16. The van der Waals surface area contributed by atoms with Gasteiger partial charge in [0.1, 0.15) is 0 Å². The van der Waals surface area contributed by atoms with Gasteiger partial charge < -0.3 is 10.6 Å². The Bertz CT molecular complexity index is 339. The molecule has 4 heteroatoms. The van der Waals surface area contributed by atoms with Crippen molar-refractivity contribution in [2.24, 2.45) is 5.73 Å². The molecule has 1 aliphatic rings. The van der Waals surface area contributed by atoms with Crippen LogP contribution in [0, 0.1) is 0 Å². The largest absolute Gasteiger partial charge is 0.329 e. The topological polar surface area (TPSA) is 32.5 Å². The average molecular weight is 267 g/mol. The number of likely N-dealkylation sites (N-methyl/N-ethyl adjacent to an activating group) is 1. The summed E-state index contributed by atoms with van der Waals surface area (Å²) in [5, 5.41) is 2.16. The Kier molecular flexibility index (Phi) is 5.18. The van der Waals surface area contributed by atoms with Crippen molar-refractivity contribution in [3.63, 3.8) is 0 Å². The zero-order valence-corrected chi connectivity index (χ0v) is 12.3. The number of hydrogen-bond acceptors (Lipinski definition) is 4. The molecule has 0 aromatic carbocycles. The van der Waals surface area contributed by atoms with Crippen molar-refractivity contribution in [1.82, 2.24) is 9.80 Å². The van der Waals surface area contributed by atoms with Crippen LogP contribution in [0.1, 0.15) is 30.7 Å². The van der Waals surface area contributed by atoms with Gasteiger partial charge in [0.25, 0.3) is 0 Å². The number of rotatable bonds is 4. The molecule has 2 unspecified atom stereocenters. The predicted molar refractivity (Wildman–Crippen MR) is 79.0 cm³/mol.